The van der Waals surface area contributed by atoms with Gasteiger partial charge in [0, 0.05) is 40.3 Å². The zero-order valence-electron chi connectivity index (χ0n) is 46.1. The number of aliphatic carboxylic acids is 1. The second-order valence-electron chi connectivity index (χ2n) is 20.7. The number of carbonyl (C=O) groups is 12. The van der Waals surface area contributed by atoms with Crippen LogP contribution in [0.25, 0.3) is 0 Å². The fourth-order valence-corrected chi connectivity index (χ4v) is 8.87. The Morgan fingerprint density at radius 1 is 0.641 bits per heavy atom. The van der Waals surface area contributed by atoms with Gasteiger partial charge < -0.3 is 77.1 Å². The number of carbonyl (C=O) groups excluding carboxylic acids is 11. The molecule has 11 amide bonds. The minimum atomic E-state index is -1.47. The summed E-state index contributed by atoms with van der Waals surface area (Å²) in [6, 6.07) is 1.27. The minimum absolute atomic E-state index is 0.0633. The van der Waals surface area contributed by atoms with E-state index in [4.69, 9.17) is 15.2 Å². The Morgan fingerprint density at radius 3 is 1.56 bits per heavy atom. The molecule has 10 N–H and O–H groups in total. The first-order chi connectivity index (χ1) is 36.7. The van der Waals surface area contributed by atoms with Crippen molar-refractivity contribution in [3.05, 3.63) is 35.9 Å². The van der Waals surface area contributed by atoms with Crippen LogP contribution in [0.4, 0.5) is 9.59 Å². The van der Waals surface area contributed by atoms with Crippen LogP contribution in [0.2, 0.25) is 0 Å². The van der Waals surface area contributed by atoms with Crippen LogP contribution in [0.3, 0.4) is 0 Å². The SMILES string of the molecule is CC(C)[C@@H](C(=O)NC[C@@H](NC(=O)OCc1ccccc1)C(=O)N1CCCC[C@H]1C(=O)O)N(C)C(=O)CNC(=O)CNC(=O)[C@@H]1CCCCN1C(=O)[C@@H](CNC(=O)[C@H](C(C)C)N(C)C(=O)CNC(=O)CN)NC(=O)OC(C)(C)C. The van der Waals surface area contributed by atoms with E-state index in [1.165, 1.54) is 19.0 Å². The van der Waals surface area contributed by atoms with Crippen LogP contribution < -0.4 is 43.0 Å². The molecule has 1 aromatic carbocycles. The van der Waals surface area contributed by atoms with Crippen LogP contribution in [0.1, 0.15) is 92.6 Å². The smallest absolute Gasteiger partial charge is 0.408 e. The molecule has 78 heavy (non-hydrogen) atoms. The van der Waals surface area contributed by atoms with Crippen molar-refractivity contribution in [3.63, 3.8) is 0 Å². The predicted octanol–water partition coefficient (Wildman–Crippen LogP) is -1.47. The van der Waals surface area contributed by atoms with E-state index < -0.39 is 158 Å². The monoisotopic (exact) mass is 1100 g/mol. The van der Waals surface area contributed by atoms with E-state index in [2.05, 4.69) is 37.2 Å². The molecule has 0 radical (unpaired) electrons. The summed E-state index contributed by atoms with van der Waals surface area (Å²) < 4.78 is 10.7. The van der Waals surface area contributed by atoms with Gasteiger partial charge in [-0.15, -0.1) is 0 Å². The molecule has 0 aliphatic carbocycles. The van der Waals surface area contributed by atoms with E-state index in [9.17, 15) is 62.6 Å². The summed E-state index contributed by atoms with van der Waals surface area (Å²) in [5, 5.41) is 27.3. The van der Waals surface area contributed by atoms with Crippen LogP contribution in [0.5, 0.6) is 0 Å². The number of amides is 11. The van der Waals surface area contributed by atoms with Gasteiger partial charge in [-0.25, -0.2) is 14.4 Å². The quantitative estimate of drug-likeness (QED) is 0.0540. The largest absolute Gasteiger partial charge is 0.480 e. The van der Waals surface area contributed by atoms with Crippen LogP contribution >= 0.6 is 0 Å². The third kappa shape index (κ3) is 20.4. The van der Waals surface area contributed by atoms with Gasteiger partial charge in [0.15, 0.2) is 0 Å². The molecule has 2 saturated heterocycles. The summed E-state index contributed by atoms with van der Waals surface area (Å²) in [6.07, 6.45) is 0.448. The van der Waals surface area contributed by atoms with Crippen LogP contribution in [-0.2, 0) is 64.0 Å². The number of alkyl carbamates (subject to hydrolysis) is 2. The third-order valence-electron chi connectivity index (χ3n) is 12.8. The van der Waals surface area contributed by atoms with Gasteiger partial charge >= 0.3 is 18.2 Å². The number of benzene rings is 1. The Kier molecular flexibility index (Phi) is 25.7. The number of nitrogens with zero attached hydrogens (tertiary/aromatic N) is 4. The molecule has 27 nitrogen and oxygen atoms in total. The average molecular weight is 1100 g/mol. The van der Waals surface area contributed by atoms with E-state index in [-0.39, 0.29) is 39.1 Å². The number of hydrogen-bond acceptors (Lipinski definition) is 15. The second-order valence-corrected chi connectivity index (χ2v) is 20.7. The molecular weight excluding hydrogens is 1020 g/mol. The number of nitrogens with two attached hydrogens (primary N) is 1. The van der Waals surface area contributed by atoms with Gasteiger partial charge in [-0.3, -0.25) is 43.2 Å². The molecule has 0 bridgehead atoms. The number of rotatable bonds is 25. The maximum absolute atomic E-state index is 14.3. The highest BCUT2D eigenvalue weighted by Crippen LogP contribution is 2.21. The first-order valence-electron chi connectivity index (χ1n) is 26.1. The Morgan fingerprint density at radius 2 is 1.10 bits per heavy atom. The topological polar surface area (TPSA) is 367 Å². The Bertz CT molecular complexity index is 2300. The number of carboxylic acid groups (broad SMARTS) is 1. The molecule has 0 unspecified atom stereocenters. The van der Waals surface area contributed by atoms with Crippen molar-refractivity contribution >= 4 is 71.3 Å². The molecule has 434 valence electrons. The van der Waals surface area contributed by atoms with Gasteiger partial charge in [-0.05, 0) is 76.7 Å². The zero-order chi connectivity index (χ0) is 58.4. The summed E-state index contributed by atoms with van der Waals surface area (Å²) in [5.74, 6) is -8.54. The van der Waals surface area contributed by atoms with E-state index >= 15 is 0 Å². The molecule has 6 atom stereocenters. The minimum Gasteiger partial charge on any atom is -0.480 e. The van der Waals surface area contributed by atoms with Gasteiger partial charge in [0.1, 0.15) is 48.5 Å². The molecule has 2 aliphatic rings. The lowest BCUT2D eigenvalue weighted by Gasteiger charge is -2.37. The van der Waals surface area contributed by atoms with Crippen molar-refractivity contribution in [2.45, 2.75) is 135 Å². The van der Waals surface area contributed by atoms with Crippen molar-refractivity contribution in [1.29, 1.82) is 0 Å². The lowest BCUT2D eigenvalue weighted by Crippen LogP contribution is -2.61. The van der Waals surface area contributed by atoms with Gasteiger partial charge in [0.25, 0.3) is 0 Å². The Balaban J connectivity index is 1.67. The standard InChI is InChI=1S/C51H80N12O15/c1-30(2)41(60(8)39(66)27-53-37(64)23-52)45(70)56-25-34(59-50(76)78-51(5,6)7)46(71)62-21-15-13-19-35(62)43(68)57-26-38(65)54-28-40(67)61(9)42(31(3)4)44(69)55-24-33(47(72)63-22-16-14-20-36(63)48(73)74)58-49(75)77-29-32-17-11-10-12-18-32/h10-12,17-18,30-31,33-36,41-42H,13-16,19-29,52H2,1-9H3,(H,53,64)(H,54,65)(H,55,69)(H,56,70)(H,57,68)(H,58,75)(H,59,76)(H,73,74)/t33-,34-,35+,36+,41+,42+/m1/s1. The Hall–Kier alpha value is -7.58. The second kappa shape index (κ2) is 31.0. The number of piperidine rings is 2. The summed E-state index contributed by atoms with van der Waals surface area (Å²) in [7, 11) is 2.70. The number of likely N-dealkylation sites (N-methyl/N-ethyl adjacent to an activating group) is 2. The molecule has 0 spiro atoms. The van der Waals surface area contributed by atoms with Crippen molar-refractivity contribution in [2.75, 3.05) is 66.5 Å². The maximum atomic E-state index is 14.3. The number of carboxylic acids is 1. The molecule has 0 aromatic heterocycles. The van der Waals surface area contributed by atoms with E-state index in [1.807, 2.05) is 0 Å². The lowest BCUT2D eigenvalue weighted by atomic mass is 9.99. The third-order valence-corrected chi connectivity index (χ3v) is 12.8. The molecule has 0 saturated carbocycles. The van der Waals surface area contributed by atoms with Crippen molar-refractivity contribution in [1.82, 2.24) is 56.8 Å². The first kappa shape index (κ1) is 64.7. The van der Waals surface area contributed by atoms with E-state index in [0.717, 1.165) is 14.7 Å². The zero-order valence-corrected chi connectivity index (χ0v) is 46.1. The molecule has 2 heterocycles. The molecule has 2 fully saturated rings. The normalized spacial score (nSPS) is 16.9. The molecule has 3 rings (SSSR count). The van der Waals surface area contributed by atoms with Gasteiger partial charge in [0.2, 0.25) is 53.2 Å². The van der Waals surface area contributed by atoms with Gasteiger partial charge in [-0.1, -0.05) is 58.0 Å². The van der Waals surface area contributed by atoms with Crippen molar-refractivity contribution in [3.8, 4) is 0 Å². The predicted molar refractivity (Wildman–Crippen MR) is 280 cm³/mol. The van der Waals surface area contributed by atoms with E-state index in [1.54, 1.807) is 78.8 Å². The molecule has 1 aromatic rings. The van der Waals surface area contributed by atoms with Crippen LogP contribution in [0.15, 0.2) is 30.3 Å². The van der Waals surface area contributed by atoms with Crippen LogP contribution in [0, 0.1) is 11.8 Å². The lowest BCUT2D eigenvalue weighted by molar-refractivity contribution is -0.153. The van der Waals surface area contributed by atoms with Crippen molar-refractivity contribution in [2.24, 2.45) is 17.6 Å². The summed E-state index contributed by atoms with van der Waals surface area (Å²) in [5.41, 5.74) is 4.99. The van der Waals surface area contributed by atoms with Gasteiger partial charge in [-0.2, -0.15) is 0 Å². The summed E-state index contributed by atoms with van der Waals surface area (Å²) in [6.45, 7) is 8.52. The Labute approximate surface area is 454 Å². The fourth-order valence-electron chi connectivity index (χ4n) is 8.87. The van der Waals surface area contributed by atoms with E-state index in [0.29, 0.717) is 31.2 Å². The fraction of sp³-hybridized carbons (Fsp3) is 0.647. The van der Waals surface area contributed by atoms with Crippen molar-refractivity contribution < 1.29 is 72.1 Å². The number of hydrogen-bond donors (Lipinski definition) is 9. The molecule has 27 heteroatoms. The highest BCUT2D eigenvalue weighted by Gasteiger charge is 2.40. The van der Waals surface area contributed by atoms with Gasteiger partial charge in [0.05, 0.1) is 26.2 Å². The number of nitrogens with one attached hydrogen (secondary N) is 7. The average Bonchev–Trinajstić information content (AvgIpc) is 3.39. The number of likely N-dealkylation sites (tertiary alicyclic amines) is 2. The summed E-state index contributed by atoms with van der Waals surface area (Å²) >= 11 is 0. The maximum Gasteiger partial charge on any atom is 0.408 e. The highest BCUT2D eigenvalue weighted by atomic mass is 16.6. The molecule has 2 aliphatic heterocycles. The summed E-state index contributed by atoms with van der Waals surface area (Å²) in [4.78, 5) is 163. The number of ether oxygens (including phenoxy) is 2. The first-order valence-corrected chi connectivity index (χ1v) is 26.1. The highest BCUT2D eigenvalue weighted by molar-refractivity contribution is 5.96. The van der Waals surface area contributed by atoms with Crippen LogP contribution in [-0.4, -0.2) is 204 Å². The molecular formula is C51H80N12O15.